The lowest BCUT2D eigenvalue weighted by molar-refractivity contribution is 0.768. The molecule has 0 amide bonds. The van der Waals surface area contributed by atoms with Gasteiger partial charge < -0.3 is 5.73 Å². The third-order valence-corrected chi connectivity index (χ3v) is 3.34. The molecule has 0 aliphatic carbocycles. The number of aryl methyl sites for hydroxylation is 1. The summed E-state index contributed by atoms with van der Waals surface area (Å²) in [5, 5.41) is 8.65. The minimum Gasteiger partial charge on any atom is -0.396 e. The minimum atomic E-state index is 0.635. The van der Waals surface area contributed by atoms with Crippen molar-refractivity contribution in [2.24, 2.45) is 7.05 Å². The van der Waals surface area contributed by atoms with Gasteiger partial charge in [0.05, 0.1) is 23.8 Å². The van der Waals surface area contributed by atoms with Gasteiger partial charge in [-0.3, -0.25) is 4.68 Å². The summed E-state index contributed by atoms with van der Waals surface area (Å²) in [6, 6.07) is 7.89. The fraction of sp³-hybridized carbons (Fsp3) is 0.0769. The Morgan fingerprint density at radius 3 is 2.53 bits per heavy atom. The molecule has 0 radical (unpaired) electrons. The normalized spacial score (nSPS) is 10.8. The Balaban J connectivity index is 2.04. The van der Waals surface area contributed by atoms with E-state index in [1.165, 1.54) is 0 Å². The van der Waals surface area contributed by atoms with Gasteiger partial charge in [-0.05, 0) is 24.3 Å². The summed E-state index contributed by atoms with van der Waals surface area (Å²) in [6.07, 6.45) is 5.46. The molecule has 19 heavy (non-hydrogen) atoms. The van der Waals surface area contributed by atoms with E-state index in [2.05, 4.69) is 26.1 Å². The van der Waals surface area contributed by atoms with Gasteiger partial charge in [-0.25, -0.2) is 4.68 Å². The molecule has 5 nitrogen and oxygen atoms in total. The van der Waals surface area contributed by atoms with Crippen LogP contribution in [0.15, 0.2) is 47.3 Å². The molecule has 0 aliphatic heterocycles. The lowest BCUT2D eigenvalue weighted by Gasteiger charge is -2.00. The van der Waals surface area contributed by atoms with Crippen LogP contribution in [0, 0.1) is 0 Å². The van der Waals surface area contributed by atoms with Crippen molar-refractivity contribution in [1.82, 2.24) is 19.6 Å². The number of benzene rings is 1. The molecule has 3 rings (SSSR count). The van der Waals surface area contributed by atoms with Gasteiger partial charge in [-0.1, -0.05) is 15.9 Å². The maximum Gasteiger partial charge on any atom is 0.119 e. The van der Waals surface area contributed by atoms with Crippen molar-refractivity contribution >= 4 is 21.6 Å². The maximum absolute atomic E-state index is 6.02. The van der Waals surface area contributed by atoms with E-state index in [4.69, 9.17) is 5.73 Å². The van der Waals surface area contributed by atoms with Crippen LogP contribution in [-0.4, -0.2) is 19.6 Å². The lowest BCUT2D eigenvalue weighted by atomic mass is 10.2. The first-order valence-electron chi connectivity index (χ1n) is 5.73. The molecule has 0 bridgehead atoms. The van der Waals surface area contributed by atoms with Crippen LogP contribution in [0.4, 0.5) is 5.69 Å². The highest BCUT2D eigenvalue weighted by molar-refractivity contribution is 9.10. The third-order valence-electron chi connectivity index (χ3n) is 2.81. The Hall–Kier alpha value is -2.08. The molecule has 0 fully saturated rings. The number of rotatable bonds is 2. The Bertz CT molecular complexity index is 711. The molecule has 2 N–H and O–H groups in total. The van der Waals surface area contributed by atoms with E-state index in [0.717, 1.165) is 21.4 Å². The Morgan fingerprint density at radius 1 is 1.16 bits per heavy atom. The quantitative estimate of drug-likeness (QED) is 0.790. The lowest BCUT2D eigenvalue weighted by Crippen LogP contribution is -1.94. The second kappa shape index (κ2) is 4.55. The molecule has 0 unspecified atom stereocenters. The van der Waals surface area contributed by atoms with Crippen LogP contribution in [0.25, 0.3) is 16.9 Å². The van der Waals surface area contributed by atoms with E-state index in [-0.39, 0.29) is 0 Å². The highest BCUT2D eigenvalue weighted by Crippen LogP contribution is 2.25. The van der Waals surface area contributed by atoms with Crippen molar-refractivity contribution in [3.8, 4) is 16.9 Å². The topological polar surface area (TPSA) is 61.7 Å². The number of nitrogens with zero attached hydrogens (tertiary/aromatic N) is 4. The van der Waals surface area contributed by atoms with Crippen molar-refractivity contribution in [2.45, 2.75) is 0 Å². The van der Waals surface area contributed by atoms with Crippen LogP contribution in [0.5, 0.6) is 0 Å². The molecule has 96 valence electrons. The molecular formula is C13H12BrN5. The van der Waals surface area contributed by atoms with E-state index >= 15 is 0 Å². The SMILES string of the molecule is Cn1cc(-c2nn(-c3ccc(Br)cc3)cc2N)cn1. The standard InChI is InChI=1S/C13H12BrN5/c1-18-7-9(6-16-18)13-12(15)8-19(17-13)11-4-2-10(14)3-5-11/h2-8H,15H2,1H3. The second-order valence-electron chi connectivity index (χ2n) is 4.26. The number of halogens is 1. The van der Waals surface area contributed by atoms with Gasteiger partial charge in [0, 0.05) is 23.3 Å². The fourth-order valence-corrected chi connectivity index (χ4v) is 2.15. The van der Waals surface area contributed by atoms with Crippen LogP contribution < -0.4 is 5.73 Å². The van der Waals surface area contributed by atoms with E-state index < -0.39 is 0 Å². The number of nitrogen functional groups attached to an aromatic ring is 1. The summed E-state index contributed by atoms with van der Waals surface area (Å²) < 4.78 is 4.53. The molecule has 1 aromatic carbocycles. The van der Waals surface area contributed by atoms with E-state index in [0.29, 0.717) is 5.69 Å². The molecular weight excluding hydrogens is 306 g/mol. The fourth-order valence-electron chi connectivity index (χ4n) is 1.88. The van der Waals surface area contributed by atoms with Crippen molar-refractivity contribution in [2.75, 3.05) is 5.73 Å². The highest BCUT2D eigenvalue weighted by Gasteiger charge is 2.11. The van der Waals surface area contributed by atoms with E-state index in [1.54, 1.807) is 15.6 Å². The number of anilines is 1. The minimum absolute atomic E-state index is 0.635. The molecule has 0 saturated heterocycles. The van der Waals surface area contributed by atoms with Crippen molar-refractivity contribution in [1.29, 1.82) is 0 Å². The third kappa shape index (κ3) is 2.26. The number of hydrogen-bond donors (Lipinski definition) is 1. The molecule has 2 aromatic heterocycles. The average Bonchev–Trinajstić information content (AvgIpc) is 2.96. The summed E-state index contributed by atoms with van der Waals surface area (Å²) in [7, 11) is 1.87. The zero-order chi connectivity index (χ0) is 13.4. The van der Waals surface area contributed by atoms with Gasteiger partial charge in [-0.2, -0.15) is 10.2 Å². The summed E-state index contributed by atoms with van der Waals surface area (Å²) in [5.41, 5.74) is 9.28. The van der Waals surface area contributed by atoms with Crippen LogP contribution in [0.3, 0.4) is 0 Å². The highest BCUT2D eigenvalue weighted by atomic mass is 79.9. The molecule has 2 heterocycles. The molecule has 6 heteroatoms. The largest absolute Gasteiger partial charge is 0.396 e. The predicted octanol–water partition coefficient (Wildman–Crippen LogP) is 2.62. The van der Waals surface area contributed by atoms with Crippen LogP contribution in [0.1, 0.15) is 0 Å². The van der Waals surface area contributed by atoms with Crippen LogP contribution in [0.2, 0.25) is 0 Å². The predicted molar refractivity (Wildman–Crippen MR) is 77.9 cm³/mol. The van der Waals surface area contributed by atoms with Gasteiger partial charge in [0.25, 0.3) is 0 Å². The summed E-state index contributed by atoms with van der Waals surface area (Å²) in [4.78, 5) is 0. The van der Waals surface area contributed by atoms with E-state index in [9.17, 15) is 0 Å². The average molecular weight is 318 g/mol. The number of aromatic nitrogens is 4. The number of hydrogen-bond acceptors (Lipinski definition) is 3. The molecule has 0 atom stereocenters. The zero-order valence-corrected chi connectivity index (χ0v) is 11.9. The monoisotopic (exact) mass is 317 g/mol. The Morgan fingerprint density at radius 2 is 1.89 bits per heavy atom. The van der Waals surface area contributed by atoms with Crippen molar-refractivity contribution in [3.63, 3.8) is 0 Å². The first-order chi connectivity index (χ1) is 9.13. The van der Waals surface area contributed by atoms with Crippen molar-refractivity contribution < 1.29 is 0 Å². The zero-order valence-electron chi connectivity index (χ0n) is 10.3. The van der Waals surface area contributed by atoms with Crippen LogP contribution >= 0.6 is 15.9 Å². The molecule has 3 aromatic rings. The summed E-state index contributed by atoms with van der Waals surface area (Å²) in [6.45, 7) is 0. The van der Waals surface area contributed by atoms with Gasteiger partial charge in [0.15, 0.2) is 0 Å². The van der Waals surface area contributed by atoms with Gasteiger partial charge in [0.2, 0.25) is 0 Å². The van der Waals surface area contributed by atoms with Gasteiger partial charge in [0.1, 0.15) is 5.69 Å². The molecule has 0 aliphatic rings. The maximum atomic E-state index is 6.02. The molecule has 0 spiro atoms. The van der Waals surface area contributed by atoms with Gasteiger partial charge in [-0.15, -0.1) is 0 Å². The first kappa shape index (κ1) is 12.0. The summed E-state index contributed by atoms with van der Waals surface area (Å²) >= 11 is 3.41. The smallest absolute Gasteiger partial charge is 0.119 e. The van der Waals surface area contributed by atoms with Crippen LogP contribution in [-0.2, 0) is 7.05 Å². The molecule has 0 saturated carbocycles. The van der Waals surface area contributed by atoms with E-state index in [1.807, 2.05) is 43.7 Å². The second-order valence-corrected chi connectivity index (χ2v) is 5.17. The summed E-state index contributed by atoms with van der Waals surface area (Å²) in [5.74, 6) is 0. The number of nitrogens with two attached hydrogens (primary N) is 1. The first-order valence-corrected chi connectivity index (χ1v) is 6.53. The van der Waals surface area contributed by atoms with Crippen molar-refractivity contribution in [3.05, 3.63) is 47.3 Å². The Labute approximate surface area is 118 Å². The Kier molecular flexibility index (Phi) is 2.87. The van der Waals surface area contributed by atoms with Gasteiger partial charge >= 0.3 is 0 Å².